The fourth-order valence-corrected chi connectivity index (χ4v) is 8.94. The summed E-state index contributed by atoms with van der Waals surface area (Å²) < 4.78 is 42.8. The number of hydrogen-bond donors (Lipinski definition) is 3. The van der Waals surface area contributed by atoms with Crippen molar-refractivity contribution >= 4 is 15.9 Å². The number of hydrogen-bond acceptors (Lipinski definition) is 7. The lowest BCUT2D eigenvalue weighted by atomic mass is 9.89. The van der Waals surface area contributed by atoms with Gasteiger partial charge in [0.25, 0.3) is 0 Å². The molecule has 298 valence electrons. The van der Waals surface area contributed by atoms with Gasteiger partial charge in [0.2, 0.25) is 15.9 Å². The van der Waals surface area contributed by atoms with E-state index in [4.69, 9.17) is 9.47 Å². The van der Waals surface area contributed by atoms with Crippen LogP contribution in [0.2, 0.25) is 0 Å². The van der Waals surface area contributed by atoms with Crippen molar-refractivity contribution in [1.82, 2.24) is 14.9 Å². The number of carbonyl (C=O) groups excluding carboxylic acids is 1. The van der Waals surface area contributed by atoms with E-state index in [2.05, 4.69) is 58.3 Å². The topological polar surface area (TPSA) is 117 Å². The van der Waals surface area contributed by atoms with Crippen LogP contribution in [0.1, 0.15) is 72.0 Å². The number of carbonyl (C=O) groups is 1. The van der Waals surface area contributed by atoms with Gasteiger partial charge in [-0.3, -0.25) is 4.79 Å². The highest BCUT2D eigenvalue weighted by Gasteiger charge is 2.39. The van der Waals surface area contributed by atoms with Gasteiger partial charge in [-0.05, 0) is 90.9 Å². The van der Waals surface area contributed by atoms with Gasteiger partial charge in [0.05, 0.1) is 23.7 Å². The van der Waals surface area contributed by atoms with Crippen LogP contribution in [0.15, 0.2) is 132 Å². The van der Waals surface area contributed by atoms with Gasteiger partial charge in [-0.2, -0.15) is 4.72 Å². The molecule has 0 bridgehead atoms. The lowest BCUT2D eigenvalue weighted by Crippen LogP contribution is -2.47. The minimum atomic E-state index is -3.95. The number of rotatable bonds is 14. The van der Waals surface area contributed by atoms with Crippen molar-refractivity contribution in [1.29, 1.82) is 0 Å². The molecule has 2 aliphatic heterocycles. The maximum Gasteiger partial charge on any atom is 0.241 e. The van der Waals surface area contributed by atoms with Crippen LogP contribution < -0.4 is 10.0 Å². The molecular formula is C47H53N3O6S. The largest absolute Gasteiger partial charge is 0.392 e. The van der Waals surface area contributed by atoms with E-state index in [0.29, 0.717) is 0 Å². The highest BCUT2D eigenvalue weighted by molar-refractivity contribution is 7.89. The van der Waals surface area contributed by atoms with E-state index < -0.39 is 28.3 Å². The van der Waals surface area contributed by atoms with Gasteiger partial charge in [-0.25, -0.2) is 8.42 Å². The third-order valence-corrected chi connectivity index (χ3v) is 12.6. The second-order valence-electron chi connectivity index (χ2n) is 15.4. The number of benzene rings is 5. The maximum atomic E-state index is 13.6. The zero-order valence-electron chi connectivity index (χ0n) is 32.7. The van der Waals surface area contributed by atoms with Crippen LogP contribution in [0, 0.1) is 12.8 Å². The number of amides is 1. The molecule has 1 amide bonds. The summed E-state index contributed by atoms with van der Waals surface area (Å²) in [5.41, 5.74) is 7.55. The third kappa shape index (κ3) is 10.4. The van der Waals surface area contributed by atoms with Crippen molar-refractivity contribution in [3.63, 3.8) is 0 Å². The van der Waals surface area contributed by atoms with Gasteiger partial charge in [-0.1, -0.05) is 128 Å². The van der Waals surface area contributed by atoms with E-state index in [1.807, 2.05) is 73.7 Å². The summed E-state index contributed by atoms with van der Waals surface area (Å²) in [6, 6.07) is 39.2. The van der Waals surface area contributed by atoms with Gasteiger partial charge in [0, 0.05) is 24.6 Å². The van der Waals surface area contributed by atoms with Crippen LogP contribution in [-0.4, -0.2) is 56.1 Å². The molecule has 0 saturated carbocycles. The highest BCUT2D eigenvalue weighted by atomic mass is 32.2. The molecule has 5 aromatic rings. The maximum absolute atomic E-state index is 13.6. The molecule has 0 radical (unpaired) electrons. The van der Waals surface area contributed by atoms with Crippen molar-refractivity contribution in [2.75, 3.05) is 19.6 Å². The fourth-order valence-electron chi connectivity index (χ4n) is 7.74. The quantitative estimate of drug-likeness (QED) is 0.106. The number of likely N-dealkylation sites (tertiary alicyclic amines) is 1. The Kier molecular flexibility index (Phi) is 13.3. The molecule has 5 aromatic carbocycles. The molecule has 2 saturated heterocycles. The molecule has 3 N–H and O–H groups in total. The summed E-state index contributed by atoms with van der Waals surface area (Å²) in [7, 11) is -3.95. The number of aliphatic hydroxyl groups excluding tert-OH is 1. The van der Waals surface area contributed by atoms with Gasteiger partial charge < -0.3 is 24.8 Å². The summed E-state index contributed by atoms with van der Waals surface area (Å²) in [5.74, 6) is -0.278. The summed E-state index contributed by atoms with van der Waals surface area (Å²) in [5, 5.41) is 12.6. The number of nitrogens with zero attached hydrogens (tertiary/aromatic N) is 1. The second-order valence-corrected chi connectivity index (χ2v) is 17.1. The van der Waals surface area contributed by atoms with Crippen LogP contribution in [0.5, 0.6) is 0 Å². The molecule has 9 nitrogen and oxygen atoms in total. The summed E-state index contributed by atoms with van der Waals surface area (Å²) >= 11 is 0. The van der Waals surface area contributed by atoms with E-state index in [9.17, 15) is 18.3 Å². The van der Waals surface area contributed by atoms with Crippen LogP contribution in [0.25, 0.3) is 11.1 Å². The zero-order valence-corrected chi connectivity index (χ0v) is 33.5. The van der Waals surface area contributed by atoms with Gasteiger partial charge >= 0.3 is 0 Å². The smallest absolute Gasteiger partial charge is 0.241 e. The van der Waals surface area contributed by atoms with Crippen LogP contribution in [0.3, 0.4) is 0 Å². The SMILES string of the molecule is Cc1ccc(S(=O)(=O)NC(Cc2ccccc2)C(=O)NCc2cccc(-c3ccc(C4OC(CN5CCCCC5)C(C)C(c5ccc(CO)cc5)O4)cc3)c2)cc1. The lowest BCUT2D eigenvalue weighted by molar-refractivity contribution is -0.276. The van der Waals surface area contributed by atoms with E-state index in [1.165, 1.54) is 19.3 Å². The third-order valence-electron chi connectivity index (χ3n) is 11.1. The Labute approximate surface area is 337 Å². The first-order valence-electron chi connectivity index (χ1n) is 20.0. The monoisotopic (exact) mass is 787 g/mol. The number of aryl methyl sites for hydroxylation is 1. The van der Waals surface area contributed by atoms with Crippen molar-refractivity contribution in [3.05, 3.63) is 161 Å². The molecule has 2 heterocycles. The molecule has 0 spiro atoms. The molecule has 5 unspecified atom stereocenters. The Balaban J connectivity index is 1.04. The van der Waals surface area contributed by atoms with Gasteiger partial charge in [0.15, 0.2) is 6.29 Å². The number of nitrogens with one attached hydrogen (secondary N) is 2. The average molecular weight is 788 g/mol. The first-order chi connectivity index (χ1) is 27.6. The Hall–Kier alpha value is -4.68. The molecule has 0 aliphatic carbocycles. The number of ether oxygens (including phenoxy) is 2. The number of sulfonamides is 1. The molecule has 57 heavy (non-hydrogen) atoms. The normalized spacial score (nSPS) is 20.8. The first kappa shape index (κ1) is 40.5. The van der Waals surface area contributed by atoms with Gasteiger partial charge in [-0.15, -0.1) is 0 Å². The van der Waals surface area contributed by atoms with Crippen molar-refractivity contribution in [2.24, 2.45) is 5.92 Å². The van der Waals surface area contributed by atoms with Crippen molar-refractivity contribution in [3.8, 4) is 11.1 Å². The highest BCUT2D eigenvalue weighted by Crippen LogP contribution is 2.42. The first-order valence-corrected chi connectivity index (χ1v) is 21.5. The van der Waals surface area contributed by atoms with Crippen LogP contribution in [-0.2, 0) is 43.9 Å². The predicted molar refractivity (Wildman–Crippen MR) is 222 cm³/mol. The van der Waals surface area contributed by atoms with Crippen molar-refractivity contribution < 1.29 is 27.8 Å². The fraction of sp³-hybridized carbons (Fsp3) is 0.340. The molecule has 10 heteroatoms. The molecule has 7 rings (SSSR count). The van der Waals surface area contributed by atoms with E-state index in [-0.39, 0.29) is 42.6 Å². The van der Waals surface area contributed by atoms with Crippen molar-refractivity contribution in [2.45, 2.75) is 82.1 Å². The van der Waals surface area contributed by atoms with E-state index in [0.717, 1.165) is 64.1 Å². The Morgan fingerprint density at radius 1 is 0.772 bits per heavy atom. The van der Waals surface area contributed by atoms with Crippen LogP contribution in [0.4, 0.5) is 0 Å². The minimum absolute atomic E-state index is 0.00266. The summed E-state index contributed by atoms with van der Waals surface area (Å²) in [4.78, 5) is 16.3. The Morgan fingerprint density at radius 2 is 1.46 bits per heavy atom. The second kappa shape index (κ2) is 18.7. The molecule has 2 fully saturated rings. The molecular weight excluding hydrogens is 735 g/mol. The van der Waals surface area contributed by atoms with E-state index >= 15 is 0 Å². The molecule has 0 aromatic heterocycles. The predicted octanol–water partition coefficient (Wildman–Crippen LogP) is 7.64. The summed E-state index contributed by atoms with van der Waals surface area (Å²) in [6.07, 6.45) is 3.19. The lowest BCUT2D eigenvalue weighted by Gasteiger charge is -2.43. The Morgan fingerprint density at radius 3 is 2.16 bits per heavy atom. The summed E-state index contributed by atoms with van der Waals surface area (Å²) in [6.45, 7) is 7.37. The average Bonchev–Trinajstić information content (AvgIpc) is 3.24. The van der Waals surface area contributed by atoms with Gasteiger partial charge in [0.1, 0.15) is 6.04 Å². The van der Waals surface area contributed by atoms with Crippen LogP contribution >= 0.6 is 0 Å². The minimum Gasteiger partial charge on any atom is -0.392 e. The number of aliphatic hydroxyl groups is 1. The Bertz CT molecular complexity index is 2170. The zero-order chi connectivity index (χ0) is 39.8. The number of piperidine rings is 1. The molecule has 2 aliphatic rings. The van der Waals surface area contributed by atoms with E-state index in [1.54, 1.807) is 24.3 Å². The standard InChI is InChI=1S/C47H53N3O6S/c1-33-14-24-42(25-15-33)57(53,54)49-43(29-35-10-5-3-6-11-35)46(52)48-30-37-12-9-13-41(28-37)38-20-22-40(23-21-38)47-55-44(31-50-26-7-4-8-27-50)34(2)45(56-47)39-18-16-36(32-51)17-19-39/h3,5-6,9-25,28,34,43-45,47,49,51H,4,7-8,26-27,29-32H2,1-2H3,(H,48,52). The molecule has 5 atom stereocenters.